The minimum atomic E-state index is -0.530. The monoisotopic (exact) mass is 421 g/mol. The molecule has 4 rings (SSSR count). The van der Waals surface area contributed by atoms with Crippen LogP contribution in [0.5, 0.6) is 0 Å². The second-order valence-corrected chi connectivity index (χ2v) is 8.32. The highest BCUT2D eigenvalue weighted by molar-refractivity contribution is 6.18. The Hall–Kier alpha value is -3.48. The second-order valence-electron chi connectivity index (χ2n) is 8.32. The molecule has 1 amide bonds. The lowest BCUT2D eigenvalue weighted by Gasteiger charge is -2.29. The van der Waals surface area contributed by atoms with E-state index in [1.165, 1.54) is 29.3 Å². The van der Waals surface area contributed by atoms with Gasteiger partial charge < -0.3 is 14.6 Å². The van der Waals surface area contributed by atoms with Gasteiger partial charge in [0.2, 0.25) is 0 Å². The number of aromatic nitrogens is 2. The van der Waals surface area contributed by atoms with E-state index < -0.39 is 11.4 Å². The molecule has 3 heterocycles. The number of esters is 1. The summed E-state index contributed by atoms with van der Waals surface area (Å²) in [5, 5.41) is 0. The molecular weight excluding hydrogens is 397 g/mol. The van der Waals surface area contributed by atoms with Crippen molar-refractivity contribution in [2.75, 3.05) is 13.2 Å². The van der Waals surface area contributed by atoms with Gasteiger partial charge in [-0.3, -0.25) is 9.78 Å². The number of aryl methyl sites for hydroxylation is 1. The van der Waals surface area contributed by atoms with Crippen molar-refractivity contribution in [3.63, 3.8) is 0 Å². The fraction of sp³-hybridized carbons (Fsp3) is 0.292. The van der Waals surface area contributed by atoms with Crippen molar-refractivity contribution in [3.05, 3.63) is 70.9 Å². The van der Waals surface area contributed by atoms with E-state index in [9.17, 15) is 14.0 Å². The molecule has 1 N–H and O–H groups in total. The van der Waals surface area contributed by atoms with Crippen LogP contribution in [0.25, 0.3) is 16.6 Å². The zero-order chi connectivity index (χ0) is 22.3. The number of nitrogens with zero attached hydrogens (tertiary/aromatic N) is 2. The molecule has 3 aromatic rings. The Kier molecular flexibility index (Phi) is 5.13. The summed E-state index contributed by atoms with van der Waals surface area (Å²) >= 11 is 0. The fourth-order valence-electron chi connectivity index (χ4n) is 4.09. The summed E-state index contributed by atoms with van der Waals surface area (Å²) in [5.74, 6) is -1.22. The number of benzene rings is 1. The first kappa shape index (κ1) is 20.8. The molecule has 2 aromatic heterocycles. The summed E-state index contributed by atoms with van der Waals surface area (Å²) in [6.07, 6.45) is 3.23. The number of nitrogens with one attached hydrogen (secondary N) is 1. The Morgan fingerprint density at radius 3 is 2.77 bits per heavy atom. The molecule has 7 heteroatoms. The number of carbonyl (C=O) groups excluding carboxylic acids is 2. The molecule has 1 aliphatic heterocycles. The number of rotatable bonds is 3. The van der Waals surface area contributed by atoms with E-state index in [0.717, 1.165) is 16.6 Å². The average Bonchev–Trinajstić information content (AvgIpc) is 3.07. The van der Waals surface area contributed by atoms with Gasteiger partial charge >= 0.3 is 5.97 Å². The molecule has 6 nitrogen and oxygen atoms in total. The lowest BCUT2D eigenvalue weighted by Crippen LogP contribution is -2.37. The third kappa shape index (κ3) is 3.60. The van der Waals surface area contributed by atoms with Crippen molar-refractivity contribution in [1.82, 2.24) is 14.9 Å². The molecule has 1 aliphatic rings. The maximum Gasteiger partial charge on any atom is 0.341 e. The van der Waals surface area contributed by atoms with Gasteiger partial charge in [-0.05, 0) is 49.7 Å². The lowest BCUT2D eigenvalue weighted by molar-refractivity contribution is -0.136. The van der Waals surface area contributed by atoms with E-state index in [1.807, 2.05) is 26.0 Å². The lowest BCUT2D eigenvalue weighted by atomic mass is 9.83. The van der Waals surface area contributed by atoms with Gasteiger partial charge in [-0.2, -0.15) is 0 Å². The van der Waals surface area contributed by atoms with E-state index >= 15 is 0 Å². The van der Waals surface area contributed by atoms with Crippen molar-refractivity contribution in [2.24, 2.45) is 0 Å². The summed E-state index contributed by atoms with van der Waals surface area (Å²) < 4.78 is 19.0. The van der Waals surface area contributed by atoms with Crippen LogP contribution >= 0.6 is 0 Å². The van der Waals surface area contributed by atoms with E-state index in [-0.39, 0.29) is 23.9 Å². The zero-order valence-corrected chi connectivity index (χ0v) is 18.0. The standard InChI is InChI=1S/C24H24FN3O3/c1-5-31-23(30)16-12-28(22(29)15-8-9-17(25)14(2)11-15)13-24(3,4)19-20(16)27-18-7-6-10-26-21(18)19/h6-12,27H,5,13H2,1-4H3. The van der Waals surface area contributed by atoms with Crippen LogP contribution < -0.4 is 0 Å². The van der Waals surface area contributed by atoms with E-state index in [0.29, 0.717) is 23.4 Å². The molecule has 0 bridgehead atoms. The van der Waals surface area contributed by atoms with Gasteiger partial charge in [0.25, 0.3) is 5.91 Å². The Morgan fingerprint density at radius 2 is 2.06 bits per heavy atom. The average molecular weight is 421 g/mol. The Morgan fingerprint density at radius 1 is 1.29 bits per heavy atom. The van der Waals surface area contributed by atoms with Crippen molar-refractivity contribution in [3.8, 4) is 0 Å². The molecule has 0 saturated heterocycles. The van der Waals surface area contributed by atoms with Gasteiger partial charge in [0.15, 0.2) is 0 Å². The molecule has 0 fully saturated rings. The predicted molar refractivity (Wildman–Crippen MR) is 116 cm³/mol. The third-order valence-corrected chi connectivity index (χ3v) is 5.51. The summed E-state index contributed by atoms with van der Waals surface area (Å²) in [6.45, 7) is 7.87. The summed E-state index contributed by atoms with van der Waals surface area (Å²) in [6, 6.07) is 7.98. The highest BCUT2D eigenvalue weighted by Gasteiger charge is 2.38. The number of amides is 1. The van der Waals surface area contributed by atoms with Gasteiger partial charge in [-0.25, -0.2) is 9.18 Å². The van der Waals surface area contributed by atoms with Gasteiger partial charge in [-0.1, -0.05) is 13.8 Å². The minimum absolute atomic E-state index is 0.207. The highest BCUT2D eigenvalue weighted by Crippen LogP contribution is 2.39. The number of hydrogen-bond donors (Lipinski definition) is 1. The number of halogens is 1. The first-order valence-electron chi connectivity index (χ1n) is 10.2. The van der Waals surface area contributed by atoms with Crippen molar-refractivity contribution < 1.29 is 18.7 Å². The number of carbonyl (C=O) groups is 2. The Labute approximate surface area is 179 Å². The first-order valence-corrected chi connectivity index (χ1v) is 10.2. The number of aromatic amines is 1. The maximum atomic E-state index is 13.7. The van der Waals surface area contributed by atoms with Crippen molar-refractivity contribution in [1.29, 1.82) is 0 Å². The van der Waals surface area contributed by atoms with Gasteiger partial charge in [0, 0.05) is 35.5 Å². The third-order valence-electron chi connectivity index (χ3n) is 5.51. The number of hydrogen-bond acceptors (Lipinski definition) is 4. The van der Waals surface area contributed by atoms with Gasteiger partial charge in [-0.15, -0.1) is 0 Å². The number of fused-ring (bicyclic) bond motifs is 3. The zero-order valence-electron chi connectivity index (χ0n) is 18.0. The van der Waals surface area contributed by atoms with Crippen LogP contribution in [0, 0.1) is 12.7 Å². The summed E-state index contributed by atoms with van der Waals surface area (Å²) in [7, 11) is 0. The fourth-order valence-corrected chi connectivity index (χ4v) is 4.09. The van der Waals surface area contributed by atoms with Crippen LogP contribution in [-0.2, 0) is 14.9 Å². The molecule has 0 aliphatic carbocycles. The van der Waals surface area contributed by atoms with E-state index in [4.69, 9.17) is 4.74 Å². The largest absolute Gasteiger partial charge is 0.462 e. The molecule has 0 unspecified atom stereocenters. The quantitative estimate of drug-likeness (QED) is 0.638. The number of H-pyrrole nitrogens is 1. The van der Waals surface area contributed by atoms with Crippen LogP contribution in [0.2, 0.25) is 0 Å². The highest BCUT2D eigenvalue weighted by atomic mass is 19.1. The second kappa shape index (κ2) is 7.65. The number of ether oxygens (including phenoxy) is 1. The SMILES string of the molecule is CCOC(=O)C1=CN(C(=O)c2ccc(F)c(C)c2)CC(C)(C)c2c1[nH]c1cccnc21. The predicted octanol–water partition coefficient (Wildman–Crippen LogP) is 4.35. The molecular formula is C24H24FN3O3. The van der Waals surface area contributed by atoms with Crippen LogP contribution in [0.1, 0.15) is 48.0 Å². The molecule has 160 valence electrons. The molecule has 0 spiro atoms. The first-order chi connectivity index (χ1) is 14.7. The van der Waals surface area contributed by atoms with Gasteiger partial charge in [0.05, 0.1) is 28.9 Å². The molecule has 0 radical (unpaired) electrons. The van der Waals surface area contributed by atoms with Crippen molar-refractivity contribution in [2.45, 2.75) is 33.1 Å². The van der Waals surface area contributed by atoms with Gasteiger partial charge in [0.1, 0.15) is 5.82 Å². The Balaban J connectivity index is 1.89. The van der Waals surface area contributed by atoms with E-state index in [2.05, 4.69) is 9.97 Å². The molecule has 31 heavy (non-hydrogen) atoms. The number of pyridine rings is 1. The van der Waals surface area contributed by atoms with Crippen LogP contribution in [0.4, 0.5) is 4.39 Å². The molecule has 1 aromatic carbocycles. The summed E-state index contributed by atoms with van der Waals surface area (Å²) in [4.78, 5) is 35.6. The van der Waals surface area contributed by atoms with Crippen LogP contribution in [-0.4, -0.2) is 39.9 Å². The van der Waals surface area contributed by atoms with E-state index in [1.54, 1.807) is 20.0 Å². The minimum Gasteiger partial charge on any atom is -0.462 e. The topological polar surface area (TPSA) is 75.3 Å². The Bertz CT molecular complexity index is 1230. The molecule has 0 saturated carbocycles. The smallest absolute Gasteiger partial charge is 0.341 e. The van der Waals surface area contributed by atoms with Crippen LogP contribution in [0.15, 0.2) is 42.7 Å². The maximum absolute atomic E-state index is 13.7. The van der Waals surface area contributed by atoms with Crippen LogP contribution in [0.3, 0.4) is 0 Å². The van der Waals surface area contributed by atoms with Crippen molar-refractivity contribution >= 4 is 28.5 Å². The summed E-state index contributed by atoms with van der Waals surface area (Å²) in [5.41, 5.74) is 3.48. The molecule has 0 atom stereocenters. The normalized spacial score (nSPS) is 15.3.